The highest BCUT2D eigenvalue weighted by molar-refractivity contribution is 9.10. The van der Waals surface area contributed by atoms with Gasteiger partial charge in [0.25, 0.3) is 5.91 Å². The van der Waals surface area contributed by atoms with Gasteiger partial charge in [0.2, 0.25) is 5.91 Å². The Bertz CT molecular complexity index is 747. The molecular formula is C18H21BrClN3O3. The number of carbonyl (C=O) groups excluding carboxylic acids is 3. The van der Waals surface area contributed by atoms with Gasteiger partial charge in [-0.1, -0.05) is 40.5 Å². The van der Waals surface area contributed by atoms with Crippen molar-refractivity contribution in [1.82, 2.24) is 15.5 Å². The fraction of sp³-hybridized carbons (Fsp3) is 0.500. The van der Waals surface area contributed by atoms with E-state index in [-0.39, 0.29) is 19.0 Å². The summed E-state index contributed by atoms with van der Waals surface area (Å²) >= 11 is 9.45. The minimum Gasteiger partial charge on any atom is -0.350 e. The average Bonchev–Trinajstić information content (AvgIpc) is 2.81. The van der Waals surface area contributed by atoms with Gasteiger partial charge in [-0.15, -0.1) is 0 Å². The predicted molar refractivity (Wildman–Crippen MR) is 102 cm³/mol. The Kier molecular flexibility index (Phi) is 5.58. The van der Waals surface area contributed by atoms with Crippen molar-refractivity contribution in [3.05, 3.63) is 33.3 Å². The Labute approximate surface area is 165 Å². The number of nitrogens with one attached hydrogen (secondary N) is 2. The maximum Gasteiger partial charge on any atom is 0.325 e. The molecule has 1 aliphatic heterocycles. The molecule has 140 valence electrons. The van der Waals surface area contributed by atoms with Crippen LogP contribution in [-0.4, -0.2) is 34.8 Å². The monoisotopic (exact) mass is 441 g/mol. The molecule has 4 amide bonds. The van der Waals surface area contributed by atoms with Crippen LogP contribution in [0.1, 0.15) is 38.2 Å². The highest BCUT2D eigenvalue weighted by atomic mass is 79.9. The van der Waals surface area contributed by atoms with E-state index < -0.39 is 17.5 Å². The van der Waals surface area contributed by atoms with Gasteiger partial charge < -0.3 is 10.6 Å². The van der Waals surface area contributed by atoms with Crippen LogP contribution >= 0.6 is 27.5 Å². The summed E-state index contributed by atoms with van der Waals surface area (Å²) in [6, 6.07) is 4.90. The van der Waals surface area contributed by atoms with Crippen molar-refractivity contribution in [2.75, 3.05) is 6.54 Å². The van der Waals surface area contributed by atoms with Crippen molar-refractivity contribution in [3.8, 4) is 0 Å². The minimum atomic E-state index is -0.821. The van der Waals surface area contributed by atoms with Gasteiger partial charge in [0.15, 0.2) is 0 Å². The second-order valence-corrected chi connectivity index (χ2v) is 8.42. The molecule has 8 heteroatoms. The van der Waals surface area contributed by atoms with Crippen LogP contribution in [0.3, 0.4) is 0 Å². The topological polar surface area (TPSA) is 78.5 Å². The van der Waals surface area contributed by atoms with E-state index in [1.807, 2.05) is 6.07 Å². The molecule has 0 bridgehead atoms. The van der Waals surface area contributed by atoms with E-state index in [4.69, 9.17) is 11.6 Å². The van der Waals surface area contributed by atoms with Gasteiger partial charge in [0.05, 0.1) is 0 Å². The third kappa shape index (κ3) is 3.88. The lowest BCUT2D eigenvalue weighted by atomic mass is 9.77. The molecule has 2 N–H and O–H groups in total. The van der Waals surface area contributed by atoms with E-state index in [0.29, 0.717) is 23.8 Å². The van der Waals surface area contributed by atoms with Gasteiger partial charge in [0, 0.05) is 16.0 Å². The number of amides is 4. The molecule has 6 nitrogen and oxygen atoms in total. The van der Waals surface area contributed by atoms with Crippen molar-refractivity contribution in [2.45, 2.75) is 44.7 Å². The summed E-state index contributed by atoms with van der Waals surface area (Å²) in [6.07, 6.45) is 3.05. The highest BCUT2D eigenvalue weighted by Gasteiger charge is 2.52. The summed E-state index contributed by atoms with van der Waals surface area (Å²) in [5, 5.41) is 6.06. The van der Waals surface area contributed by atoms with Crippen molar-refractivity contribution in [2.24, 2.45) is 5.92 Å². The fourth-order valence-corrected chi connectivity index (χ4v) is 4.21. The predicted octanol–water partition coefficient (Wildman–Crippen LogP) is 3.22. The van der Waals surface area contributed by atoms with Gasteiger partial charge in [0.1, 0.15) is 12.1 Å². The molecule has 0 unspecified atom stereocenters. The second kappa shape index (κ2) is 7.56. The van der Waals surface area contributed by atoms with Crippen molar-refractivity contribution >= 4 is 45.4 Å². The number of urea groups is 1. The van der Waals surface area contributed by atoms with E-state index in [1.54, 1.807) is 12.1 Å². The summed E-state index contributed by atoms with van der Waals surface area (Å²) in [7, 11) is 0. The summed E-state index contributed by atoms with van der Waals surface area (Å²) in [5.74, 6) is -0.127. The molecule has 1 aliphatic carbocycles. The first kappa shape index (κ1) is 19.2. The fourth-order valence-electron chi connectivity index (χ4n) is 3.47. The van der Waals surface area contributed by atoms with Gasteiger partial charge >= 0.3 is 6.03 Å². The summed E-state index contributed by atoms with van der Waals surface area (Å²) in [6.45, 7) is 2.10. The molecule has 0 atom stereocenters. The quantitative estimate of drug-likeness (QED) is 0.703. The minimum absolute atomic E-state index is 0.233. The lowest BCUT2D eigenvalue weighted by molar-refractivity contribution is -0.136. The molecule has 0 radical (unpaired) electrons. The van der Waals surface area contributed by atoms with Crippen LogP contribution in [0.5, 0.6) is 0 Å². The molecule has 0 aromatic heterocycles. The summed E-state index contributed by atoms with van der Waals surface area (Å²) in [4.78, 5) is 38.2. The van der Waals surface area contributed by atoms with Gasteiger partial charge in [-0.3, -0.25) is 14.5 Å². The molecule has 1 saturated heterocycles. The summed E-state index contributed by atoms with van der Waals surface area (Å²) in [5.41, 5.74) is -0.0584. The first-order valence-electron chi connectivity index (χ1n) is 8.65. The van der Waals surface area contributed by atoms with Gasteiger partial charge in [-0.2, -0.15) is 0 Å². The highest BCUT2D eigenvalue weighted by Crippen LogP contribution is 2.36. The van der Waals surface area contributed by atoms with Crippen LogP contribution in [0.2, 0.25) is 5.02 Å². The van der Waals surface area contributed by atoms with E-state index in [1.165, 1.54) is 0 Å². The Hall–Kier alpha value is -1.60. The van der Waals surface area contributed by atoms with Crippen LogP contribution < -0.4 is 10.6 Å². The molecule has 2 aliphatic rings. The molecule has 1 aromatic rings. The van der Waals surface area contributed by atoms with Gasteiger partial charge in [-0.25, -0.2) is 4.79 Å². The number of imide groups is 1. The average molecular weight is 443 g/mol. The second-order valence-electron chi connectivity index (χ2n) is 7.10. The molecule has 1 spiro atoms. The molecule has 26 heavy (non-hydrogen) atoms. The standard InChI is InChI=1S/C18H21BrClN3O3/c1-11-4-6-18(7-5-11)16(25)23(17(26)22-18)10-15(24)21-9-12-2-3-13(19)8-14(12)20/h2-3,8,11H,4-7,9-10H2,1H3,(H,21,24)(H,22,26). The lowest BCUT2D eigenvalue weighted by Gasteiger charge is -2.33. The zero-order chi connectivity index (χ0) is 18.9. The Morgan fingerprint density at radius 2 is 2.08 bits per heavy atom. The zero-order valence-electron chi connectivity index (χ0n) is 14.5. The molecular weight excluding hydrogens is 422 g/mol. The molecule has 1 saturated carbocycles. The summed E-state index contributed by atoms with van der Waals surface area (Å²) < 4.78 is 0.851. The maximum absolute atomic E-state index is 12.7. The number of benzene rings is 1. The largest absolute Gasteiger partial charge is 0.350 e. The van der Waals surface area contributed by atoms with E-state index in [9.17, 15) is 14.4 Å². The van der Waals surface area contributed by atoms with Crippen molar-refractivity contribution in [1.29, 1.82) is 0 Å². The number of rotatable bonds is 4. The van der Waals surface area contributed by atoms with Crippen LogP contribution in [0, 0.1) is 5.92 Å². The first-order chi connectivity index (χ1) is 12.3. The van der Waals surface area contributed by atoms with Crippen LogP contribution in [0.25, 0.3) is 0 Å². The maximum atomic E-state index is 12.7. The third-order valence-corrected chi connectivity index (χ3v) is 6.01. The van der Waals surface area contributed by atoms with Crippen molar-refractivity contribution in [3.63, 3.8) is 0 Å². The van der Waals surface area contributed by atoms with E-state index >= 15 is 0 Å². The molecule has 3 rings (SSSR count). The third-order valence-electron chi connectivity index (χ3n) is 5.17. The van der Waals surface area contributed by atoms with E-state index in [2.05, 4.69) is 33.5 Å². The Balaban J connectivity index is 1.59. The molecule has 1 heterocycles. The molecule has 1 aromatic carbocycles. The first-order valence-corrected chi connectivity index (χ1v) is 9.82. The Morgan fingerprint density at radius 1 is 1.38 bits per heavy atom. The number of hydrogen-bond acceptors (Lipinski definition) is 3. The number of nitrogens with zero attached hydrogens (tertiary/aromatic N) is 1. The zero-order valence-corrected chi connectivity index (χ0v) is 16.8. The van der Waals surface area contributed by atoms with Crippen LogP contribution in [0.15, 0.2) is 22.7 Å². The SMILES string of the molecule is CC1CCC2(CC1)NC(=O)N(CC(=O)NCc1ccc(Br)cc1Cl)C2=O. The van der Waals surface area contributed by atoms with Crippen molar-refractivity contribution < 1.29 is 14.4 Å². The van der Waals surface area contributed by atoms with Gasteiger partial charge in [-0.05, 0) is 49.3 Å². The molecule has 2 fully saturated rings. The lowest BCUT2D eigenvalue weighted by Crippen LogP contribution is -2.49. The van der Waals surface area contributed by atoms with E-state index in [0.717, 1.165) is 27.8 Å². The normalized spacial score (nSPS) is 25.5. The number of halogens is 2. The number of carbonyl (C=O) groups is 3. The van der Waals surface area contributed by atoms with Crippen LogP contribution in [-0.2, 0) is 16.1 Å². The Morgan fingerprint density at radius 3 is 2.73 bits per heavy atom. The smallest absolute Gasteiger partial charge is 0.325 e. The number of hydrogen-bond donors (Lipinski definition) is 2. The van der Waals surface area contributed by atoms with Crippen LogP contribution in [0.4, 0.5) is 4.79 Å².